The first-order chi connectivity index (χ1) is 8.19. The van der Waals surface area contributed by atoms with E-state index in [1.807, 2.05) is 0 Å². The third-order valence-corrected chi connectivity index (χ3v) is 5.29. The third-order valence-electron chi connectivity index (χ3n) is 3.92. The normalized spacial score (nSPS) is 25.8. The zero-order valence-electron chi connectivity index (χ0n) is 12.0. The van der Waals surface area contributed by atoms with Crippen molar-refractivity contribution < 1.29 is 0 Å². The fourth-order valence-electron chi connectivity index (χ4n) is 2.40. The molecule has 1 rings (SSSR count). The Balaban J connectivity index is 2.31. The molecule has 3 unspecified atom stereocenters. The van der Waals surface area contributed by atoms with Crippen LogP contribution < -0.4 is 5.32 Å². The summed E-state index contributed by atoms with van der Waals surface area (Å²) in [5.41, 5.74) is 0. The Kier molecular flexibility index (Phi) is 7.56. The SMILES string of the molecule is CCCNCC(C)C(C)N1CCSC(CC)C1. The molecule has 0 radical (unpaired) electrons. The Hall–Kier alpha value is 0.270. The van der Waals surface area contributed by atoms with Crippen molar-refractivity contribution in [1.82, 2.24) is 10.2 Å². The van der Waals surface area contributed by atoms with Gasteiger partial charge in [0.2, 0.25) is 0 Å². The van der Waals surface area contributed by atoms with Gasteiger partial charge in [-0.1, -0.05) is 20.8 Å². The number of rotatable bonds is 7. The van der Waals surface area contributed by atoms with Crippen LogP contribution in [-0.2, 0) is 0 Å². The van der Waals surface area contributed by atoms with Gasteiger partial charge in [0.05, 0.1) is 0 Å². The molecule has 0 amide bonds. The molecular formula is C14H30N2S. The molecule has 1 heterocycles. The van der Waals surface area contributed by atoms with Gasteiger partial charge in [0.1, 0.15) is 0 Å². The first-order valence-electron chi connectivity index (χ1n) is 7.25. The largest absolute Gasteiger partial charge is 0.316 e. The zero-order valence-corrected chi connectivity index (χ0v) is 12.9. The fraction of sp³-hybridized carbons (Fsp3) is 1.00. The molecular weight excluding hydrogens is 228 g/mol. The molecule has 0 saturated carbocycles. The monoisotopic (exact) mass is 258 g/mol. The number of nitrogens with one attached hydrogen (secondary N) is 1. The van der Waals surface area contributed by atoms with Gasteiger partial charge in [0.15, 0.2) is 0 Å². The minimum absolute atomic E-state index is 0.717. The molecule has 3 heteroatoms. The van der Waals surface area contributed by atoms with E-state index in [1.165, 1.54) is 31.7 Å². The maximum absolute atomic E-state index is 3.55. The number of hydrogen-bond acceptors (Lipinski definition) is 3. The maximum Gasteiger partial charge on any atom is 0.0172 e. The van der Waals surface area contributed by atoms with E-state index in [0.717, 1.165) is 24.3 Å². The summed E-state index contributed by atoms with van der Waals surface area (Å²) in [5, 5.41) is 4.41. The molecule has 3 atom stereocenters. The minimum atomic E-state index is 0.717. The summed E-state index contributed by atoms with van der Waals surface area (Å²) in [7, 11) is 0. The highest BCUT2D eigenvalue weighted by molar-refractivity contribution is 8.00. The van der Waals surface area contributed by atoms with Crippen LogP contribution in [0.4, 0.5) is 0 Å². The molecule has 2 nitrogen and oxygen atoms in total. The average Bonchev–Trinajstić information content (AvgIpc) is 2.38. The van der Waals surface area contributed by atoms with Crippen LogP contribution in [0.25, 0.3) is 0 Å². The molecule has 1 aliphatic heterocycles. The topological polar surface area (TPSA) is 15.3 Å². The standard InChI is InChI=1S/C14H30N2S/c1-5-7-15-10-12(3)13(4)16-8-9-17-14(6-2)11-16/h12-15H,5-11H2,1-4H3. The second-order valence-electron chi connectivity index (χ2n) is 5.32. The highest BCUT2D eigenvalue weighted by atomic mass is 32.2. The molecule has 0 aliphatic carbocycles. The van der Waals surface area contributed by atoms with E-state index in [0.29, 0.717) is 6.04 Å². The van der Waals surface area contributed by atoms with Crippen molar-refractivity contribution in [3.8, 4) is 0 Å². The molecule has 1 N–H and O–H groups in total. The van der Waals surface area contributed by atoms with Gasteiger partial charge in [-0.05, 0) is 38.8 Å². The highest BCUT2D eigenvalue weighted by Gasteiger charge is 2.25. The fourth-order valence-corrected chi connectivity index (χ4v) is 3.60. The molecule has 1 saturated heterocycles. The zero-order chi connectivity index (χ0) is 12.7. The lowest BCUT2D eigenvalue weighted by molar-refractivity contribution is 0.164. The van der Waals surface area contributed by atoms with Crippen LogP contribution in [0.2, 0.25) is 0 Å². The lowest BCUT2D eigenvalue weighted by Gasteiger charge is -2.39. The summed E-state index contributed by atoms with van der Waals surface area (Å²) in [4.78, 5) is 2.70. The predicted molar refractivity (Wildman–Crippen MR) is 79.9 cm³/mol. The van der Waals surface area contributed by atoms with Crippen LogP contribution in [0.1, 0.15) is 40.5 Å². The van der Waals surface area contributed by atoms with E-state index in [9.17, 15) is 0 Å². The van der Waals surface area contributed by atoms with Crippen molar-refractivity contribution in [3.63, 3.8) is 0 Å². The summed E-state index contributed by atoms with van der Waals surface area (Å²) < 4.78 is 0. The number of thioether (sulfide) groups is 1. The lowest BCUT2D eigenvalue weighted by Crippen LogP contribution is -2.47. The van der Waals surface area contributed by atoms with Gasteiger partial charge >= 0.3 is 0 Å². The summed E-state index contributed by atoms with van der Waals surface area (Å²) in [6.45, 7) is 14.2. The van der Waals surface area contributed by atoms with Crippen LogP contribution in [-0.4, -0.2) is 48.1 Å². The summed E-state index contributed by atoms with van der Waals surface area (Å²) in [5.74, 6) is 2.07. The molecule has 17 heavy (non-hydrogen) atoms. The maximum atomic E-state index is 3.55. The predicted octanol–water partition coefficient (Wildman–Crippen LogP) is 2.84. The number of nitrogens with zero attached hydrogens (tertiary/aromatic N) is 1. The van der Waals surface area contributed by atoms with Gasteiger partial charge in [0.25, 0.3) is 0 Å². The van der Waals surface area contributed by atoms with Crippen molar-refractivity contribution in [3.05, 3.63) is 0 Å². The number of hydrogen-bond donors (Lipinski definition) is 1. The Labute approximate surface area is 112 Å². The second kappa shape index (κ2) is 8.39. The van der Waals surface area contributed by atoms with Crippen molar-refractivity contribution in [2.75, 3.05) is 31.9 Å². The molecule has 0 aromatic heterocycles. The second-order valence-corrected chi connectivity index (χ2v) is 6.73. The van der Waals surface area contributed by atoms with Gasteiger partial charge in [0, 0.05) is 30.1 Å². The molecule has 0 bridgehead atoms. The van der Waals surface area contributed by atoms with Gasteiger partial charge in [-0.2, -0.15) is 11.8 Å². The van der Waals surface area contributed by atoms with Crippen LogP contribution in [0, 0.1) is 5.92 Å². The van der Waals surface area contributed by atoms with E-state index in [1.54, 1.807) is 0 Å². The van der Waals surface area contributed by atoms with E-state index in [-0.39, 0.29) is 0 Å². The Morgan fingerprint density at radius 2 is 2.12 bits per heavy atom. The molecule has 0 aromatic carbocycles. The van der Waals surface area contributed by atoms with E-state index >= 15 is 0 Å². The van der Waals surface area contributed by atoms with Crippen LogP contribution in [0.5, 0.6) is 0 Å². The summed E-state index contributed by atoms with van der Waals surface area (Å²) >= 11 is 2.16. The summed E-state index contributed by atoms with van der Waals surface area (Å²) in [6, 6.07) is 0.717. The van der Waals surface area contributed by atoms with E-state index < -0.39 is 0 Å². The quantitative estimate of drug-likeness (QED) is 0.707. The molecule has 1 aliphatic rings. The van der Waals surface area contributed by atoms with Gasteiger partial charge in [-0.3, -0.25) is 4.90 Å². The minimum Gasteiger partial charge on any atom is -0.316 e. The van der Waals surface area contributed by atoms with E-state index in [4.69, 9.17) is 0 Å². The smallest absolute Gasteiger partial charge is 0.0172 e. The third kappa shape index (κ3) is 5.19. The Bertz CT molecular complexity index is 199. The highest BCUT2D eigenvalue weighted by Crippen LogP contribution is 2.24. The van der Waals surface area contributed by atoms with Crippen molar-refractivity contribution in [2.24, 2.45) is 5.92 Å². The van der Waals surface area contributed by atoms with Gasteiger partial charge < -0.3 is 5.32 Å². The van der Waals surface area contributed by atoms with Crippen LogP contribution in [0.15, 0.2) is 0 Å². The van der Waals surface area contributed by atoms with Gasteiger partial charge in [-0.25, -0.2) is 0 Å². The van der Waals surface area contributed by atoms with Crippen LogP contribution >= 0.6 is 11.8 Å². The first-order valence-corrected chi connectivity index (χ1v) is 8.30. The Morgan fingerprint density at radius 3 is 2.76 bits per heavy atom. The molecule has 0 spiro atoms. The Morgan fingerprint density at radius 1 is 1.35 bits per heavy atom. The van der Waals surface area contributed by atoms with Crippen molar-refractivity contribution in [1.29, 1.82) is 0 Å². The van der Waals surface area contributed by atoms with E-state index in [2.05, 4.69) is 49.7 Å². The van der Waals surface area contributed by atoms with Crippen molar-refractivity contribution in [2.45, 2.75) is 51.8 Å². The first kappa shape index (κ1) is 15.3. The molecule has 102 valence electrons. The lowest BCUT2D eigenvalue weighted by atomic mass is 10.0. The molecule has 1 fully saturated rings. The molecule has 0 aromatic rings. The summed E-state index contributed by atoms with van der Waals surface area (Å²) in [6.07, 6.45) is 2.55. The van der Waals surface area contributed by atoms with Gasteiger partial charge in [-0.15, -0.1) is 0 Å². The van der Waals surface area contributed by atoms with Crippen molar-refractivity contribution >= 4 is 11.8 Å². The van der Waals surface area contributed by atoms with Crippen LogP contribution in [0.3, 0.4) is 0 Å². The average molecular weight is 258 g/mol.